The second kappa shape index (κ2) is 5.98. The molecule has 0 aromatic carbocycles. The number of carbonyl (C=O) groups excluding carboxylic acids is 1. The molecule has 0 atom stereocenters. The van der Waals surface area contributed by atoms with Gasteiger partial charge in [0.2, 0.25) is 5.91 Å². The van der Waals surface area contributed by atoms with E-state index in [4.69, 9.17) is 0 Å². The summed E-state index contributed by atoms with van der Waals surface area (Å²) < 4.78 is 0. The molecule has 1 aliphatic carbocycles. The highest BCUT2D eigenvalue weighted by Crippen LogP contribution is 2.23. The molecule has 1 aliphatic rings. The van der Waals surface area contributed by atoms with Crippen LogP contribution < -0.4 is 10.6 Å². The van der Waals surface area contributed by atoms with Crippen LogP contribution in [0.1, 0.15) is 25.7 Å². The smallest absolute Gasteiger partial charge is 0.233 e. The molecule has 1 fully saturated rings. The predicted octanol–water partition coefficient (Wildman–Crippen LogP) is -0.127. The predicted molar refractivity (Wildman–Crippen MR) is 54.9 cm³/mol. The van der Waals surface area contributed by atoms with Crippen LogP contribution in [0.5, 0.6) is 0 Å². The minimum absolute atomic E-state index is 0.0543. The Labute approximate surface area is 85.1 Å². The summed E-state index contributed by atoms with van der Waals surface area (Å²) >= 11 is 0. The lowest BCUT2D eigenvalue weighted by atomic mass is 9.87. The molecule has 3 N–H and O–H groups in total. The zero-order valence-electron chi connectivity index (χ0n) is 8.75. The third-order valence-electron chi connectivity index (χ3n) is 2.74. The fourth-order valence-corrected chi connectivity index (χ4v) is 1.83. The Morgan fingerprint density at radius 3 is 2.57 bits per heavy atom. The average molecular weight is 200 g/mol. The number of rotatable bonds is 4. The molecule has 0 aromatic rings. The Morgan fingerprint density at radius 2 is 2.00 bits per heavy atom. The van der Waals surface area contributed by atoms with Crippen LogP contribution in [0.4, 0.5) is 0 Å². The molecule has 4 nitrogen and oxygen atoms in total. The van der Waals surface area contributed by atoms with Gasteiger partial charge in [-0.15, -0.1) is 0 Å². The number of aliphatic hydroxyl groups excluding tert-OH is 1. The Hall–Kier alpha value is -0.610. The maximum atomic E-state index is 11.1. The van der Waals surface area contributed by atoms with Crippen LogP contribution in [0, 0.1) is 5.92 Å². The fraction of sp³-hybridized carbons (Fsp3) is 0.900. The van der Waals surface area contributed by atoms with E-state index in [9.17, 15) is 9.90 Å². The molecule has 14 heavy (non-hydrogen) atoms. The molecule has 0 radical (unpaired) electrons. The van der Waals surface area contributed by atoms with Gasteiger partial charge in [-0.1, -0.05) is 0 Å². The van der Waals surface area contributed by atoms with Gasteiger partial charge in [-0.2, -0.15) is 0 Å². The zero-order valence-corrected chi connectivity index (χ0v) is 8.75. The summed E-state index contributed by atoms with van der Waals surface area (Å²) in [5.74, 6) is 0.609. The lowest BCUT2D eigenvalue weighted by Gasteiger charge is -2.25. The average Bonchev–Trinajstić information content (AvgIpc) is 2.17. The van der Waals surface area contributed by atoms with Crippen molar-refractivity contribution in [3.63, 3.8) is 0 Å². The van der Waals surface area contributed by atoms with E-state index in [1.54, 1.807) is 7.05 Å². The zero-order chi connectivity index (χ0) is 10.4. The molecule has 0 aliphatic heterocycles. The molecule has 0 aromatic heterocycles. The molecule has 82 valence electrons. The van der Waals surface area contributed by atoms with Gasteiger partial charge >= 0.3 is 0 Å². The van der Waals surface area contributed by atoms with Crippen LogP contribution in [0.3, 0.4) is 0 Å². The van der Waals surface area contributed by atoms with Crippen molar-refractivity contribution in [2.75, 3.05) is 20.1 Å². The van der Waals surface area contributed by atoms with Crippen LogP contribution in [0.15, 0.2) is 0 Å². The van der Waals surface area contributed by atoms with Gasteiger partial charge in [0.05, 0.1) is 12.6 Å². The van der Waals surface area contributed by atoms with Crippen molar-refractivity contribution in [3.8, 4) is 0 Å². The SMILES string of the molecule is CNCC(=O)NCC1CCC(O)CC1. The maximum Gasteiger partial charge on any atom is 0.233 e. The minimum atomic E-state index is -0.112. The first-order valence-electron chi connectivity index (χ1n) is 5.31. The van der Waals surface area contributed by atoms with Crippen molar-refractivity contribution < 1.29 is 9.90 Å². The normalized spacial score (nSPS) is 27.3. The Morgan fingerprint density at radius 1 is 1.36 bits per heavy atom. The van der Waals surface area contributed by atoms with Crippen LogP contribution in [0.2, 0.25) is 0 Å². The van der Waals surface area contributed by atoms with Gasteiger partial charge in [0.1, 0.15) is 0 Å². The molecule has 4 heteroatoms. The monoisotopic (exact) mass is 200 g/mol. The number of carbonyl (C=O) groups is 1. The molecule has 0 heterocycles. The van der Waals surface area contributed by atoms with E-state index in [0.29, 0.717) is 12.5 Å². The molecule has 0 saturated heterocycles. The summed E-state index contributed by atoms with van der Waals surface area (Å²) in [6, 6.07) is 0. The van der Waals surface area contributed by atoms with E-state index in [-0.39, 0.29) is 12.0 Å². The van der Waals surface area contributed by atoms with Gasteiger partial charge in [0, 0.05) is 6.54 Å². The van der Waals surface area contributed by atoms with Gasteiger partial charge in [-0.05, 0) is 38.6 Å². The second-order valence-corrected chi connectivity index (χ2v) is 4.01. The van der Waals surface area contributed by atoms with Crippen molar-refractivity contribution >= 4 is 5.91 Å². The first kappa shape index (κ1) is 11.5. The lowest BCUT2D eigenvalue weighted by molar-refractivity contribution is -0.120. The van der Waals surface area contributed by atoms with Crippen LogP contribution in [-0.2, 0) is 4.79 Å². The number of hydrogen-bond acceptors (Lipinski definition) is 3. The Kier molecular flexibility index (Phi) is 4.90. The van der Waals surface area contributed by atoms with Crippen LogP contribution >= 0.6 is 0 Å². The molecule has 1 amide bonds. The standard InChI is InChI=1S/C10H20N2O2/c1-11-7-10(14)12-6-8-2-4-9(13)5-3-8/h8-9,11,13H,2-7H2,1H3,(H,12,14). The van der Waals surface area contributed by atoms with Crippen LogP contribution in [0.25, 0.3) is 0 Å². The van der Waals surface area contributed by atoms with Crippen LogP contribution in [-0.4, -0.2) is 37.3 Å². The quantitative estimate of drug-likeness (QED) is 0.592. The van der Waals surface area contributed by atoms with Gasteiger partial charge in [-0.3, -0.25) is 4.79 Å². The third-order valence-corrected chi connectivity index (χ3v) is 2.74. The fourth-order valence-electron chi connectivity index (χ4n) is 1.83. The van der Waals surface area contributed by atoms with Gasteiger partial charge in [0.25, 0.3) is 0 Å². The van der Waals surface area contributed by atoms with Gasteiger partial charge in [0.15, 0.2) is 0 Å². The summed E-state index contributed by atoms with van der Waals surface area (Å²) in [6.45, 7) is 1.14. The first-order valence-corrected chi connectivity index (χ1v) is 5.31. The summed E-state index contributed by atoms with van der Waals surface area (Å²) in [4.78, 5) is 11.1. The maximum absolute atomic E-state index is 11.1. The Bertz CT molecular complexity index is 177. The van der Waals surface area contributed by atoms with Gasteiger partial charge in [-0.25, -0.2) is 0 Å². The summed E-state index contributed by atoms with van der Waals surface area (Å²) in [5.41, 5.74) is 0. The molecular formula is C10H20N2O2. The number of amides is 1. The summed E-state index contributed by atoms with van der Waals surface area (Å²) in [5, 5.41) is 15.0. The van der Waals surface area contributed by atoms with E-state index in [1.165, 1.54) is 0 Å². The molecule has 0 unspecified atom stereocenters. The summed E-state index contributed by atoms with van der Waals surface area (Å²) in [7, 11) is 1.76. The molecule has 1 rings (SSSR count). The number of likely N-dealkylation sites (N-methyl/N-ethyl adjacent to an activating group) is 1. The number of hydrogen-bond donors (Lipinski definition) is 3. The van der Waals surface area contributed by atoms with Crippen molar-refractivity contribution in [2.24, 2.45) is 5.92 Å². The highest BCUT2D eigenvalue weighted by molar-refractivity contribution is 5.77. The van der Waals surface area contributed by atoms with E-state index >= 15 is 0 Å². The van der Waals surface area contributed by atoms with Crippen molar-refractivity contribution in [1.29, 1.82) is 0 Å². The summed E-state index contributed by atoms with van der Waals surface area (Å²) in [6.07, 6.45) is 3.71. The third kappa shape index (κ3) is 4.07. The van der Waals surface area contributed by atoms with E-state index in [2.05, 4.69) is 10.6 Å². The topological polar surface area (TPSA) is 61.4 Å². The molecule has 0 bridgehead atoms. The van der Waals surface area contributed by atoms with E-state index in [1.807, 2.05) is 0 Å². The Balaban J connectivity index is 2.09. The van der Waals surface area contributed by atoms with Crippen molar-refractivity contribution in [3.05, 3.63) is 0 Å². The van der Waals surface area contributed by atoms with Crippen molar-refractivity contribution in [1.82, 2.24) is 10.6 Å². The lowest BCUT2D eigenvalue weighted by Crippen LogP contribution is -2.36. The second-order valence-electron chi connectivity index (χ2n) is 4.01. The van der Waals surface area contributed by atoms with E-state index < -0.39 is 0 Å². The molecule has 0 spiro atoms. The highest BCUT2D eigenvalue weighted by atomic mass is 16.3. The minimum Gasteiger partial charge on any atom is -0.393 e. The van der Waals surface area contributed by atoms with Gasteiger partial charge < -0.3 is 15.7 Å². The van der Waals surface area contributed by atoms with E-state index in [0.717, 1.165) is 32.2 Å². The highest BCUT2D eigenvalue weighted by Gasteiger charge is 2.19. The number of nitrogens with one attached hydrogen (secondary N) is 2. The largest absolute Gasteiger partial charge is 0.393 e. The number of aliphatic hydroxyl groups is 1. The van der Waals surface area contributed by atoms with Crippen molar-refractivity contribution in [2.45, 2.75) is 31.8 Å². The molecular weight excluding hydrogens is 180 g/mol. The first-order chi connectivity index (χ1) is 6.72. The molecule has 1 saturated carbocycles.